The number of rotatable bonds is 4. The van der Waals surface area contributed by atoms with Crippen LogP contribution in [-0.2, 0) is 0 Å². The van der Waals surface area contributed by atoms with E-state index in [0.29, 0.717) is 18.2 Å². The Balaban J connectivity index is 0.00000200. The first-order valence-electron chi connectivity index (χ1n) is 6.91. The Morgan fingerprint density at radius 1 is 1.55 bits per heavy atom. The van der Waals surface area contributed by atoms with Crippen LogP contribution in [0.2, 0.25) is 0 Å². The van der Waals surface area contributed by atoms with Crippen LogP contribution in [0.25, 0.3) is 0 Å². The van der Waals surface area contributed by atoms with Crippen LogP contribution in [-0.4, -0.2) is 23.1 Å². The molecule has 0 saturated heterocycles. The molecule has 1 fully saturated rings. The molecule has 2 atom stereocenters. The largest absolute Gasteiger partial charge is 0.348 e. The van der Waals surface area contributed by atoms with E-state index in [1.165, 1.54) is 0 Å². The Labute approximate surface area is 135 Å². The standard InChI is InChI=1S/C14H22BrN3O.ClH/c1-9(2)18-8-11(15)6-13(18)14(19)17-12-5-3-4-10(12)7-16;/h6,8-10,12H,3-5,7,16H2,1-2H3,(H,17,19);1H. The molecule has 20 heavy (non-hydrogen) atoms. The van der Waals surface area contributed by atoms with Gasteiger partial charge in [0.1, 0.15) is 5.69 Å². The maximum Gasteiger partial charge on any atom is 0.268 e. The third-order valence-corrected chi connectivity index (χ3v) is 4.32. The summed E-state index contributed by atoms with van der Waals surface area (Å²) in [5, 5.41) is 3.14. The predicted octanol–water partition coefficient (Wildman–Crippen LogP) is 3.11. The third kappa shape index (κ3) is 3.77. The topological polar surface area (TPSA) is 60.0 Å². The van der Waals surface area contributed by atoms with Gasteiger partial charge in [0.25, 0.3) is 5.91 Å². The smallest absolute Gasteiger partial charge is 0.268 e. The van der Waals surface area contributed by atoms with Gasteiger partial charge >= 0.3 is 0 Å². The number of nitrogens with one attached hydrogen (secondary N) is 1. The lowest BCUT2D eigenvalue weighted by atomic mass is 10.0. The van der Waals surface area contributed by atoms with E-state index in [1.54, 1.807) is 0 Å². The van der Waals surface area contributed by atoms with Crippen molar-refractivity contribution in [3.05, 3.63) is 22.4 Å². The van der Waals surface area contributed by atoms with Gasteiger partial charge in [-0.3, -0.25) is 4.79 Å². The number of amides is 1. The Morgan fingerprint density at radius 2 is 2.25 bits per heavy atom. The summed E-state index contributed by atoms with van der Waals surface area (Å²) >= 11 is 3.44. The molecule has 3 N–H and O–H groups in total. The summed E-state index contributed by atoms with van der Waals surface area (Å²) in [6, 6.07) is 2.37. The molecule has 0 bridgehead atoms. The minimum Gasteiger partial charge on any atom is -0.348 e. The number of carbonyl (C=O) groups is 1. The lowest BCUT2D eigenvalue weighted by molar-refractivity contribution is 0.0918. The van der Waals surface area contributed by atoms with Crippen LogP contribution in [0.3, 0.4) is 0 Å². The minimum absolute atomic E-state index is 0. The van der Waals surface area contributed by atoms with Crippen molar-refractivity contribution in [1.29, 1.82) is 0 Å². The van der Waals surface area contributed by atoms with Crippen molar-refractivity contribution in [1.82, 2.24) is 9.88 Å². The second kappa shape index (κ2) is 7.48. The van der Waals surface area contributed by atoms with Gasteiger partial charge < -0.3 is 15.6 Å². The lowest BCUT2D eigenvalue weighted by Gasteiger charge is -2.20. The zero-order chi connectivity index (χ0) is 14.0. The minimum atomic E-state index is 0. The molecule has 0 spiro atoms. The number of carbonyl (C=O) groups excluding carboxylic acids is 1. The number of aromatic nitrogens is 1. The average Bonchev–Trinajstić information content (AvgIpc) is 2.95. The molecule has 1 aliphatic carbocycles. The monoisotopic (exact) mass is 363 g/mol. The van der Waals surface area contributed by atoms with Crippen molar-refractivity contribution in [2.75, 3.05) is 6.54 Å². The van der Waals surface area contributed by atoms with Gasteiger partial charge in [0.15, 0.2) is 0 Å². The Morgan fingerprint density at radius 3 is 2.85 bits per heavy atom. The van der Waals surface area contributed by atoms with E-state index in [0.717, 1.165) is 23.7 Å². The van der Waals surface area contributed by atoms with Gasteiger partial charge in [-0.2, -0.15) is 0 Å². The van der Waals surface area contributed by atoms with E-state index in [-0.39, 0.29) is 30.4 Å². The summed E-state index contributed by atoms with van der Waals surface area (Å²) in [6.45, 7) is 4.79. The van der Waals surface area contributed by atoms with Crippen molar-refractivity contribution >= 4 is 34.2 Å². The summed E-state index contributed by atoms with van der Waals surface area (Å²) in [5.41, 5.74) is 6.47. The van der Waals surface area contributed by atoms with Gasteiger partial charge in [-0.25, -0.2) is 0 Å². The molecule has 4 nitrogen and oxygen atoms in total. The normalized spacial score (nSPS) is 21.9. The number of hydrogen-bond donors (Lipinski definition) is 2. The summed E-state index contributed by atoms with van der Waals surface area (Å²) in [6.07, 6.45) is 5.27. The SMILES string of the molecule is CC(C)n1cc(Br)cc1C(=O)NC1CCCC1CN.Cl. The number of nitrogens with two attached hydrogens (primary N) is 1. The van der Waals surface area contributed by atoms with Crippen molar-refractivity contribution in [3.63, 3.8) is 0 Å². The van der Waals surface area contributed by atoms with Gasteiger partial charge in [0.05, 0.1) is 0 Å². The molecule has 1 saturated carbocycles. The molecule has 1 aromatic rings. The number of nitrogens with zero attached hydrogens (tertiary/aromatic N) is 1. The second-order valence-corrected chi connectivity index (χ2v) is 6.47. The average molecular weight is 365 g/mol. The molecule has 1 heterocycles. The molecule has 1 amide bonds. The quantitative estimate of drug-likeness (QED) is 0.862. The first-order valence-corrected chi connectivity index (χ1v) is 7.70. The molecular weight excluding hydrogens is 342 g/mol. The summed E-state index contributed by atoms with van der Waals surface area (Å²) in [7, 11) is 0. The van der Waals surface area contributed by atoms with Crippen molar-refractivity contribution in [2.45, 2.75) is 45.2 Å². The second-order valence-electron chi connectivity index (χ2n) is 5.55. The maximum atomic E-state index is 12.4. The van der Waals surface area contributed by atoms with E-state index in [4.69, 9.17) is 5.73 Å². The van der Waals surface area contributed by atoms with E-state index >= 15 is 0 Å². The van der Waals surface area contributed by atoms with E-state index < -0.39 is 0 Å². The van der Waals surface area contributed by atoms with Crippen LogP contribution >= 0.6 is 28.3 Å². The van der Waals surface area contributed by atoms with E-state index in [2.05, 4.69) is 35.1 Å². The van der Waals surface area contributed by atoms with E-state index in [1.807, 2.05) is 16.8 Å². The highest BCUT2D eigenvalue weighted by Gasteiger charge is 2.28. The summed E-state index contributed by atoms with van der Waals surface area (Å²) in [4.78, 5) is 12.4. The van der Waals surface area contributed by atoms with Crippen molar-refractivity contribution in [2.24, 2.45) is 11.7 Å². The first kappa shape index (κ1) is 17.5. The Bertz CT molecular complexity index is 461. The molecule has 2 unspecified atom stereocenters. The molecule has 114 valence electrons. The Kier molecular flexibility index (Phi) is 6.55. The van der Waals surface area contributed by atoms with Crippen LogP contribution in [0.4, 0.5) is 0 Å². The third-order valence-electron chi connectivity index (χ3n) is 3.88. The fourth-order valence-corrected chi connectivity index (χ4v) is 3.24. The van der Waals surface area contributed by atoms with Crippen LogP contribution in [0.15, 0.2) is 16.7 Å². The van der Waals surface area contributed by atoms with Crippen LogP contribution in [0.1, 0.15) is 49.6 Å². The van der Waals surface area contributed by atoms with Gasteiger partial charge in [0, 0.05) is 22.8 Å². The van der Waals surface area contributed by atoms with Gasteiger partial charge in [-0.05, 0) is 61.1 Å². The van der Waals surface area contributed by atoms with Gasteiger partial charge in [0.2, 0.25) is 0 Å². The highest BCUT2D eigenvalue weighted by molar-refractivity contribution is 9.10. The molecule has 1 aliphatic rings. The maximum absolute atomic E-state index is 12.4. The highest BCUT2D eigenvalue weighted by atomic mass is 79.9. The lowest BCUT2D eigenvalue weighted by Crippen LogP contribution is -2.40. The molecule has 1 aromatic heterocycles. The molecule has 0 aromatic carbocycles. The fourth-order valence-electron chi connectivity index (χ4n) is 2.81. The summed E-state index contributed by atoms with van der Waals surface area (Å²) < 4.78 is 2.93. The highest BCUT2D eigenvalue weighted by Crippen LogP contribution is 2.25. The predicted molar refractivity (Wildman–Crippen MR) is 87.4 cm³/mol. The molecule has 0 radical (unpaired) electrons. The zero-order valence-corrected chi connectivity index (χ0v) is 14.3. The van der Waals surface area contributed by atoms with Crippen LogP contribution < -0.4 is 11.1 Å². The number of hydrogen-bond acceptors (Lipinski definition) is 2. The van der Waals surface area contributed by atoms with Crippen molar-refractivity contribution in [3.8, 4) is 0 Å². The van der Waals surface area contributed by atoms with Crippen LogP contribution in [0, 0.1) is 5.92 Å². The van der Waals surface area contributed by atoms with Crippen LogP contribution in [0.5, 0.6) is 0 Å². The Hall–Kier alpha value is -0.520. The molecule has 2 rings (SSSR count). The fraction of sp³-hybridized carbons (Fsp3) is 0.643. The molecule has 6 heteroatoms. The van der Waals surface area contributed by atoms with Gasteiger partial charge in [-0.15, -0.1) is 12.4 Å². The van der Waals surface area contributed by atoms with E-state index in [9.17, 15) is 4.79 Å². The molecular formula is C14H23BrClN3O. The molecule has 0 aliphatic heterocycles. The zero-order valence-electron chi connectivity index (χ0n) is 11.9. The van der Waals surface area contributed by atoms with Gasteiger partial charge in [-0.1, -0.05) is 6.42 Å². The first-order chi connectivity index (χ1) is 9.02. The number of halogens is 2. The summed E-state index contributed by atoms with van der Waals surface area (Å²) in [5.74, 6) is 0.430. The van der Waals surface area contributed by atoms with Crippen molar-refractivity contribution < 1.29 is 4.79 Å².